The van der Waals surface area contributed by atoms with E-state index in [1.165, 1.54) is 7.11 Å². The Morgan fingerprint density at radius 3 is 2.48 bits per heavy atom. The lowest BCUT2D eigenvalue weighted by Crippen LogP contribution is -2.62. The van der Waals surface area contributed by atoms with Gasteiger partial charge in [0.25, 0.3) is 0 Å². The van der Waals surface area contributed by atoms with E-state index in [1.54, 1.807) is 0 Å². The molecule has 4 N–H and O–H groups in total. The number of aliphatic hydroxyl groups excluding tert-OH is 2. The van der Waals surface area contributed by atoms with Crippen LogP contribution in [0, 0.1) is 46.3 Å². The molecule has 7 nitrogen and oxygen atoms in total. The molecule has 0 unspecified atom stereocenters. The van der Waals surface area contributed by atoms with Crippen molar-refractivity contribution in [2.24, 2.45) is 52.1 Å². The number of esters is 1. The third-order valence-corrected chi connectivity index (χ3v) is 10.8. The average Bonchev–Trinajstić information content (AvgIpc) is 3.11. The van der Waals surface area contributed by atoms with Gasteiger partial charge in [0.1, 0.15) is 6.10 Å². The van der Waals surface area contributed by atoms with E-state index in [2.05, 4.69) is 20.8 Å². The van der Waals surface area contributed by atoms with E-state index in [4.69, 9.17) is 15.2 Å². The van der Waals surface area contributed by atoms with Gasteiger partial charge in [-0.1, -0.05) is 20.8 Å². The molecule has 188 valence electrons. The van der Waals surface area contributed by atoms with E-state index in [-0.39, 0.29) is 46.6 Å². The molecule has 0 aliphatic heterocycles. The van der Waals surface area contributed by atoms with Gasteiger partial charge in [0.2, 0.25) is 0 Å². The van der Waals surface area contributed by atoms with Crippen molar-refractivity contribution < 1.29 is 29.3 Å². The largest absolute Gasteiger partial charge is 0.469 e. The van der Waals surface area contributed by atoms with Crippen molar-refractivity contribution in [3.05, 3.63) is 0 Å². The maximum Gasteiger partial charge on any atom is 0.404 e. The van der Waals surface area contributed by atoms with Crippen LogP contribution < -0.4 is 5.73 Å². The SMILES string of the molecule is COC(=O)CC[C@@H](C)[C@H]1CC[C@H]2[C@@H]3[C@H](O)C[C@@H]4C[C@H](OC(N)=O)CC[C@]4(C)[C@H]3C[C@H](O)[C@]12C. The molecule has 33 heavy (non-hydrogen) atoms. The van der Waals surface area contributed by atoms with Crippen LogP contribution in [0.5, 0.6) is 0 Å². The molecule has 0 saturated heterocycles. The summed E-state index contributed by atoms with van der Waals surface area (Å²) < 4.78 is 10.2. The Morgan fingerprint density at radius 2 is 1.82 bits per heavy atom. The zero-order valence-electron chi connectivity index (χ0n) is 20.7. The minimum Gasteiger partial charge on any atom is -0.469 e. The van der Waals surface area contributed by atoms with Crippen molar-refractivity contribution >= 4 is 12.1 Å². The Bertz CT molecular complexity index is 759. The number of methoxy groups -OCH3 is 1. The molecule has 0 aromatic carbocycles. The first kappa shape index (κ1) is 24.8. The lowest BCUT2D eigenvalue weighted by molar-refractivity contribution is -0.206. The summed E-state index contributed by atoms with van der Waals surface area (Å²) in [4.78, 5) is 23.0. The number of primary amides is 1. The Balaban J connectivity index is 1.54. The summed E-state index contributed by atoms with van der Waals surface area (Å²) in [5, 5.41) is 23.1. The molecule has 7 heteroatoms. The predicted molar refractivity (Wildman–Crippen MR) is 123 cm³/mol. The summed E-state index contributed by atoms with van der Waals surface area (Å²) in [6, 6.07) is 0. The second-order valence-electron chi connectivity index (χ2n) is 12.0. The summed E-state index contributed by atoms with van der Waals surface area (Å²) in [7, 11) is 1.43. The molecule has 4 rings (SSSR count). The molecule has 0 radical (unpaired) electrons. The summed E-state index contributed by atoms with van der Waals surface area (Å²) in [5.41, 5.74) is 5.05. The van der Waals surface area contributed by atoms with Crippen LogP contribution in [0.25, 0.3) is 0 Å². The molecule has 0 heterocycles. The molecule has 0 spiro atoms. The van der Waals surface area contributed by atoms with Gasteiger partial charge >= 0.3 is 12.1 Å². The quantitative estimate of drug-likeness (QED) is 0.533. The maximum atomic E-state index is 11.7. The molecule has 4 aliphatic rings. The highest BCUT2D eigenvalue weighted by Crippen LogP contribution is 2.68. The molecular weight excluding hydrogens is 422 g/mol. The van der Waals surface area contributed by atoms with E-state index in [9.17, 15) is 19.8 Å². The van der Waals surface area contributed by atoms with Crippen LogP contribution in [0.15, 0.2) is 0 Å². The highest BCUT2D eigenvalue weighted by atomic mass is 16.6. The second-order valence-corrected chi connectivity index (χ2v) is 12.0. The number of carbonyl (C=O) groups excluding carboxylic acids is 2. The monoisotopic (exact) mass is 465 g/mol. The van der Waals surface area contributed by atoms with Crippen molar-refractivity contribution in [2.75, 3.05) is 7.11 Å². The van der Waals surface area contributed by atoms with Gasteiger partial charge in [0.15, 0.2) is 0 Å². The first-order valence-electron chi connectivity index (χ1n) is 12.9. The minimum atomic E-state index is -0.722. The number of rotatable bonds is 5. The van der Waals surface area contributed by atoms with E-state index in [0.717, 1.165) is 44.9 Å². The Morgan fingerprint density at radius 1 is 1.09 bits per heavy atom. The van der Waals surface area contributed by atoms with Gasteiger partial charge in [-0.15, -0.1) is 0 Å². The number of nitrogens with two attached hydrogens (primary N) is 1. The van der Waals surface area contributed by atoms with Crippen LogP contribution in [0.4, 0.5) is 4.79 Å². The third kappa shape index (κ3) is 4.07. The number of aliphatic hydroxyl groups is 2. The highest BCUT2D eigenvalue weighted by molar-refractivity contribution is 5.69. The maximum absolute atomic E-state index is 11.7. The van der Waals surface area contributed by atoms with E-state index in [0.29, 0.717) is 24.7 Å². The number of hydrogen-bond donors (Lipinski definition) is 3. The summed E-state index contributed by atoms with van der Waals surface area (Å²) in [6.45, 7) is 6.78. The van der Waals surface area contributed by atoms with Gasteiger partial charge in [-0.3, -0.25) is 4.79 Å². The topological polar surface area (TPSA) is 119 Å². The van der Waals surface area contributed by atoms with Gasteiger partial charge in [0.05, 0.1) is 19.3 Å². The standard InChI is InChI=1S/C26H43NO6/c1-14(5-8-22(30)32-4)17-6-7-18-23-19(13-21(29)26(17,18)3)25(2)10-9-16(33-24(27)31)11-15(25)12-20(23)28/h14-21,23,28-29H,5-13H2,1-4H3,(H2,27,31)/t14-,15+,16-,17-,18+,19+,20-,21+,23+,25+,26-/m1/s1. The molecule has 11 atom stereocenters. The molecule has 0 aromatic heterocycles. The van der Waals surface area contributed by atoms with Gasteiger partial charge in [-0.05, 0) is 97.7 Å². The summed E-state index contributed by atoms with van der Waals surface area (Å²) in [6.07, 6.45) is 5.42. The molecule has 4 saturated carbocycles. The first-order chi connectivity index (χ1) is 15.5. The Kier molecular flexibility index (Phi) is 6.78. The lowest BCUT2D eigenvalue weighted by Gasteiger charge is -2.63. The third-order valence-electron chi connectivity index (χ3n) is 10.8. The van der Waals surface area contributed by atoms with Crippen LogP contribution >= 0.6 is 0 Å². The Hall–Kier alpha value is -1.34. The van der Waals surface area contributed by atoms with E-state index >= 15 is 0 Å². The Labute approximate surface area is 197 Å². The molecule has 0 aromatic rings. The van der Waals surface area contributed by atoms with Crippen molar-refractivity contribution in [3.63, 3.8) is 0 Å². The molecule has 0 bridgehead atoms. The highest BCUT2D eigenvalue weighted by Gasteiger charge is 2.65. The van der Waals surface area contributed by atoms with Crippen LogP contribution in [0.1, 0.15) is 78.6 Å². The molecule has 4 fully saturated rings. The van der Waals surface area contributed by atoms with Crippen molar-refractivity contribution in [1.29, 1.82) is 0 Å². The van der Waals surface area contributed by atoms with Crippen molar-refractivity contribution in [1.82, 2.24) is 0 Å². The second kappa shape index (κ2) is 9.03. The first-order valence-corrected chi connectivity index (χ1v) is 12.9. The summed E-state index contributed by atoms with van der Waals surface area (Å²) in [5.74, 6) is 1.47. The van der Waals surface area contributed by atoms with Crippen LogP contribution in [-0.2, 0) is 14.3 Å². The number of ether oxygens (including phenoxy) is 2. The zero-order chi connectivity index (χ0) is 24.1. The lowest BCUT2D eigenvalue weighted by atomic mass is 9.43. The smallest absolute Gasteiger partial charge is 0.404 e. The molecule has 4 aliphatic carbocycles. The summed E-state index contributed by atoms with van der Waals surface area (Å²) >= 11 is 0. The predicted octanol–water partition coefficient (Wildman–Crippen LogP) is 3.64. The van der Waals surface area contributed by atoms with Gasteiger partial charge < -0.3 is 25.4 Å². The average molecular weight is 466 g/mol. The minimum absolute atomic E-state index is 0.0261. The molecule has 1 amide bonds. The number of carbonyl (C=O) groups is 2. The van der Waals surface area contributed by atoms with Gasteiger partial charge in [0, 0.05) is 6.42 Å². The fourth-order valence-corrected chi connectivity index (χ4v) is 9.04. The van der Waals surface area contributed by atoms with E-state index in [1.807, 2.05) is 0 Å². The van der Waals surface area contributed by atoms with Crippen LogP contribution in [-0.4, -0.2) is 47.7 Å². The zero-order valence-corrected chi connectivity index (χ0v) is 20.7. The van der Waals surface area contributed by atoms with Crippen LogP contribution in [0.2, 0.25) is 0 Å². The van der Waals surface area contributed by atoms with Crippen molar-refractivity contribution in [2.45, 2.75) is 96.9 Å². The normalized spacial score (nSPS) is 47.6. The fraction of sp³-hybridized carbons (Fsp3) is 0.923. The van der Waals surface area contributed by atoms with Crippen LogP contribution in [0.3, 0.4) is 0 Å². The number of hydrogen-bond acceptors (Lipinski definition) is 6. The fourth-order valence-electron chi connectivity index (χ4n) is 9.04. The van der Waals surface area contributed by atoms with Gasteiger partial charge in [-0.25, -0.2) is 4.79 Å². The molecular formula is C26H43NO6. The van der Waals surface area contributed by atoms with Gasteiger partial charge in [-0.2, -0.15) is 0 Å². The van der Waals surface area contributed by atoms with E-state index < -0.39 is 18.3 Å². The van der Waals surface area contributed by atoms with Crippen molar-refractivity contribution in [3.8, 4) is 0 Å². The number of amides is 1. The number of fused-ring (bicyclic) bond motifs is 5.